The molecule has 2 aromatic heterocycles. The van der Waals surface area contributed by atoms with Gasteiger partial charge in [0.2, 0.25) is 0 Å². The molecule has 3 nitrogen and oxygen atoms in total. The van der Waals surface area contributed by atoms with Crippen molar-refractivity contribution in [2.24, 2.45) is 5.73 Å². The molecule has 0 aliphatic carbocycles. The molecule has 2 aromatic rings. The Morgan fingerprint density at radius 2 is 2.11 bits per heavy atom. The summed E-state index contributed by atoms with van der Waals surface area (Å²) in [6, 6.07) is 4.15. The highest BCUT2D eigenvalue weighted by Crippen LogP contribution is 2.32. The van der Waals surface area contributed by atoms with E-state index in [1.165, 1.54) is 4.88 Å². The predicted molar refractivity (Wildman–Crippen MR) is 89.4 cm³/mol. The van der Waals surface area contributed by atoms with Gasteiger partial charge in [0.1, 0.15) is 5.76 Å². The molecule has 0 aromatic carbocycles. The van der Waals surface area contributed by atoms with Crippen molar-refractivity contribution in [3.05, 3.63) is 41.8 Å². The highest BCUT2D eigenvalue weighted by Gasteiger charge is 2.21. The van der Waals surface area contributed by atoms with Gasteiger partial charge in [-0.25, -0.2) is 0 Å². The molecular formula is C12H13Br3N2OS. The van der Waals surface area contributed by atoms with Gasteiger partial charge in [0.15, 0.2) is 4.67 Å². The van der Waals surface area contributed by atoms with Crippen molar-refractivity contribution in [2.45, 2.75) is 12.6 Å². The Bertz CT molecular complexity index is 535. The summed E-state index contributed by atoms with van der Waals surface area (Å²) in [5.41, 5.74) is 5.89. The number of thiophene rings is 1. The first-order valence-electron chi connectivity index (χ1n) is 5.59. The first-order chi connectivity index (χ1) is 9.01. The molecule has 1 unspecified atom stereocenters. The average molecular weight is 473 g/mol. The maximum Gasteiger partial charge on any atom is 0.183 e. The molecule has 0 saturated carbocycles. The van der Waals surface area contributed by atoms with Crippen molar-refractivity contribution in [1.29, 1.82) is 0 Å². The van der Waals surface area contributed by atoms with Gasteiger partial charge in [-0.15, -0.1) is 11.3 Å². The van der Waals surface area contributed by atoms with Gasteiger partial charge in [-0.05, 0) is 67.0 Å². The fourth-order valence-electron chi connectivity index (χ4n) is 1.83. The van der Waals surface area contributed by atoms with E-state index < -0.39 is 0 Å². The number of nitrogens with zero attached hydrogens (tertiary/aromatic N) is 1. The second-order valence-electron chi connectivity index (χ2n) is 4.17. The summed E-state index contributed by atoms with van der Waals surface area (Å²) < 4.78 is 8.41. The molecule has 0 fully saturated rings. The molecule has 0 bridgehead atoms. The van der Waals surface area contributed by atoms with Crippen LogP contribution in [0.3, 0.4) is 0 Å². The van der Waals surface area contributed by atoms with E-state index in [0.29, 0.717) is 11.2 Å². The maximum atomic E-state index is 5.89. The third-order valence-electron chi connectivity index (χ3n) is 2.77. The lowest BCUT2D eigenvalue weighted by Crippen LogP contribution is -2.29. The van der Waals surface area contributed by atoms with Crippen LogP contribution in [-0.4, -0.2) is 18.5 Å². The molecular weight excluding hydrogens is 460 g/mol. The molecule has 0 radical (unpaired) electrons. The Balaban J connectivity index is 2.12. The van der Waals surface area contributed by atoms with E-state index in [0.717, 1.165) is 21.3 Å². The van der Waals surface area contributed by atoms with Gasteiger partial charge in [-0.2, -0.15) is 0 Å². The van der Waals surface area contributed by atoms with Crippen LogP contribution in [0.15, 0.2) is 35.5 Å². The van der Waals surface area contributed by atoms with E-state index >= 15 is 0 Å². The quantitative estimate of drug-likeness (QED) is 0.682. The molecule has 0 aliphatic heterocycles. The Kier molecular flexibility index (Phi) is 5.68. The smallest absolute Gasteiger partial charge is 0.183 e. The third kappa shape index (κ3) is 3.92. The van der Waals surface area contributed by atoms with Crippen LogP contribution in [0, 0.1) is 0 Å². The summed E-state index contributed by atoms with van der Waals surface area (Å²) in [6.07, 6.45) is 0. The Labute approximate surface area is 141 Å². The largest absolute Gasteiger partial charge is 0.451 e. The highest BCUT2D eigenvalue weighted by atomic mass is 79.9. The molecule has 2 rings (SSSR count). The molecule has 0 aliphatic rings. The Morgan fingerprint density at radius 3 is 2.58 bits per heavy atom. The normalized spacial score (nSPS) is 13.2. The van der Waals surface area contributed by atoms with Crippen molar-refractivity contribution < 1.29 is 4.42 Å². The summed E-state index contributed by atoms with van der Waals surface area (Å²) in [5, 5.41) is 2.08. The van der Waals surface area contributed by atoms with Crippen molar-refractivity contribution in [2.75, 3.05) is 13.6 Å². The topological polar surface area (TPSA) is 42.4 Å². The van der Waals surface area contributed by atoms with Crippen LogP contribution in [0.4, 0.5) is 0 Å². The number of likely N-dealkylation sites (N-methyl/N-ethyl adjacent to an activating group) is 1. The van der Waals surface area contributed by atoms with Crippen LogP contribution in [0.25, 0.3) is 0 Å². The summed E-state index contributed by atoms with van der Waals surface area (Å²) in [7, 11) is 2.05. The standard InChI is InChI=1S/C12H13Br3N2OS/c1-17(5-8-2-7(13)6-19-8)10(4-16)11-3-9(14)12(15)18-11/h2-3,6,10H,4-5,16H2,1H3. The number of nitrogens with two attached hydrogens (primary N) is 1. The number of rotatable bonds is 5. The van der Waals surface area contributed by atoms with E-state index in [1.54, 1.807) is 11.3 Å². The van der Waals surface area contributed by atoms with E-state index in [1.807, 2.05) is 6.07 Å². The number of hydrogen-bond donors (Lipinski definition) is 1. The number of halogens is 3. The zero-order chi connectivity index (χ0) is 14.0. The molecule has 2 N–H and O–H groups in total. The van der Waals surface area contributed by atoms with E-state index in [9.17, 15) is 0 Å². The molecule has 1 atom stereocenters. The molecule has 0 saturated heterocycles. The zero-order valence-electron chi connectivity index (χ0n) is 10.2. The van der Waals surface area contributed by atoms with Crippen LogP contribution in [0.5, 0.6) is 0 Å². The highest BCUT2D eigenvalue weighted by molar-refractivity contribution is 9.13. The van der Waals surface area contributed by atoms with Gasteiger partial charge < -0.3 is 10.2 Å². The van der Waals surface area contributed by atoms with Gasteiger partial charge in [-0.1, -0.05) is 0 Å². The summed E-state index contributed by atoms with van der Waals surface area (Å²) >= 11 is 12.0. The molecule has 104 valence electrons. The van der Waals surface area contributed by atoms with Crippen molar-refractivity contribution in [3.63, 3.8) is 0 Å². The van der Waals surface area contributed by atoms with Crippen LogP contribution >= 0.6 is 59.1 Å². The Hall–Kier alpha value is 0.340. The van der Waals surface area contributed by atoms with E-state index in [2.05, 4.69) is 71.2 Å². The van der Waals surface area contributed by atoms with Crippen LogP contribution in [-0.2, 0) is 6.54 Å². The molecule has 2 heterocycles. The van der Waals surface area contributed by atoms with E-state index in [-0.39, 0.29) is 6.04 Å². The van der Waals surface area contributed by atoms with Crippen molar-refractivity contribution >= 4 is 59.1 Å². The van der Waals surface area contributed by atoms with Crippen LogP contribution in [0.2, 0.25) is 0 Å². The minimum Gasteiger partial charge on any atom is -0.451 e. The Morgan fingerprint density at radius 1 is 1.37 bits per heavy atom. The second-order valence-corrected chi connectivity index (χ2v) is 7.65. The number of hydrogen-bond acceptors (Lipinski definition) is 4. The molecule has 0 spiro atoms. The minimum absolute atomic E-state index is 0.0588. The summed E-state index contributed by atoms with van der Waals surface area (Å²) in [5.74, 6) is 0.861. The van der Waals surface area contributed by atoms with Gasteiger partial charge in [0.25, 0.3) is 0 Å². The zero-order valence-corrected chi connectivity index (χ0v) is 15.8. The number of furan rings is 1. The lowest BCUT2D eigenvalue weighted by Gasteiger charge is -2.24. The average Bonchev–Trinajstić information content (AvgIpc) is 2.88. The summed E-state index contributed by atoms with van der Waals surface area (Å²) in [6.45, 7) is 1.35. The SMILES string of the molecule is CN(Cc1cc(Br)cs1)C(CN)c1cc(Br)c(Br)o1. The minimum atomic E-state index is 0.0588. The molecule has 19 heavy (non-hydrogen) atoms. The monoisotopic (exact) mass is 470 g/mol. The fourth-order valence-corrected chi connectivity index (χ4v) is 3.95. The molecule has 7 heteroatoms. The predicted octanol–water partition coefficient (Wildman–Crippen LogP) is 4.76. The van der Waals surface area contributed by atoms with Gasteiger partial charge in [0, 0.05) is 27.8 Å². The van der Waals surface area contributed by atoms with Crippen molar-refractivity contribution in [3.8, 4) is 0 Å². The first kappa shape index (κ1) is 15.7. The lowest BCUT2D eigenvalue weighted by atomic mass is 10.2. The maximum absolute atomic E-state index is 5.89. The fraction of sp³-hybridized carbons (Fsp3) is 0.333. The second kappa shape index (κ2) is 6.87. The van der Waals surface area contributed by atoms with Gasteiger partial charge in [-0.3, -0.25) is 4.90 Å². The van der Waals surface area contributed by atoms with Crippen LogP contribution < -0.4 is 5.73 Å². The van der Waals surface area contributed by atoms with Gasteiger partial charge in [0.05, 0.1) is 10.5 Å². The third-order valence-corrected chi connectivity index (χ3v) is 6.17. The van der Waals surface area contributed by atoms with Gasteiger partial charge >= 0.3 is 0 Å². The first-order valence-corrected chi connectivity index (χ1v) is 8.85. The van der Waals surface area contributed by atoms with E-state index in [4.69, 9.17) is 10.2 Å². The lowest BCUT2D eigenvalue weighted by molar-refractivity contribution is 0.212. The van der Waals surface area contributed by atoms with Crippen LogP contribution in [0.1, 0.15) is 16.7 Å². The molecule has 0 amide bonds. The summed E-state index contributed by atoms with van der Waals surface area (Å²) in [4.78, 5) is 3.48. The van der Waals surface area contributed by atoms with Crippen molar-refractivity contribution in [1.82, 2.24) is 4.90 Å².